The molecular weight excluding hydrogens is 417 g/mol. The van der Waals surface area contributed by atoms with Crippen LogP contribution in [0.15, 0.2) is 19.2 Å². The molecule has 0 radical (unpaired) electrons. The second-order valence-corrected chi connectivity index (χ2v) is 31.1. The van der Waals surface area contributed by atoms with Crippen molar-refractivity contribution in [2.75, 3.05) is 0 Å². The molecule has 2 aromatic carbocycles. The van der Waals surface area contributed by atoms with E-state index in [2.05, 4.69) is 65.5 Å². The van der Waals surface area contributed by atoms with Crippen molar-refractivity contribution >= 4 is 53.0 Å². The molecule has 4 nitrogen and oxygen atoms in total. The molecule has 0 atom stereocenters. The Morgan fingerprint density at radius 2 is 0.643 bits per heavy atom. The molecule has 0 fully saturated rings. The predicted octanol–water partition coefficient (Wildman–Crippen LogP) is 0.500. The van der Waals surface area contributed by atoms with Crippen molar-refractivity contribution in [3.05, 3.63) is 40.9 Å². The van der Waals surface area contributed by atoms with Gasteiger partial charge >= 0.3 is 0 Å². The summed E-state index contributed by atoms with van der Waals surface area (Å²) in [5.41, 5.74) is -1.03. The second-order valence-electron chi connectivity index (χ2n) is 11.6. The van der Waals surface area contributed by atoms with Crippen LogP contribution < -0.4 is 42.5 Å². The normalized spacial score (nSPS) is 14.2. The maximum Gasteiger partial charge on any atom is 0.224 e. The molecule has 28 heavy (non-hydrogen) atoms. The minimum absolute atomic E-state index is 0.255. The Morgan fingerprint density at radius 3 is 0.857 bits per heavy atom. The highest BCUT2D eigenvalue weighted by Crippen LogP contribution is 2.20. The summed E-state index contributed by atoms with van der Waals surface area (Å²) in [6, 6.07) is 1.77. The van der Waals surface area contributed by atoms with Crippen molar-refractivity contribution < 1.29 is 0 Å². The average Bonchev–Trinajstić information content (AvgIpc) is 2.51. The first-order valence-electron chi connectivity index (χ1n) is 10.0. The van der Waals surface area contributed by atoms with Gasteiger partial charge < -0.3 is 0 Å². The molecule has 8 heteroatoms. The molecule has 0 heterocycles. The Morgan fingerprint density at radius 1 is 0.429 bits per heavy atom. The fourth-order valence-corrected chi connectivity index (χ4v) is 20.5. The van der Waals surface area contributed by atoms with Crippen LogP contribution in [0.4, 0.5) is 0 Å². The Kier molecular flexibility index (Phi) is 5.65. The summed E-state index contributed by atoms with van der Waals surface area (Å²) < 4.78 is 0. The van der Waals surface area contributed by atoms with Crippen molar-refractivity contribution in [3.8, 4) is 0 Å². The summed E-state index contributed by atoms with van der Waals surface area (Å²) in [5, 5.41) is 3.42. The predicted molar refractivity (Wildman–Crippen MR) is 133 cm³/mol. The largest absolute Gasteiger partial charge is 0.286 e. The standard InChI is InChI=1S/C20H34O4Si4/c1-25(2,3)17-13(21)15(23)19(17)27(7,8)11-12-28(9,10)20-16(24)14(22)18(20)26(4,5)6/h11-12H2,1-10H3. The highest BCUT2D eigenvalue weighted by atomic mass is 28.3. The van der Waals surface area contributed by atoms with E-state index >= 15 is 0 Å². The maximum absolute atomic E-state index is 12.4. The van der Waals surface area contributed by atoms with Gasteiger partial charge in [-0.3, -0.25) is 19.2 Å². The molecule has 0 aromatic heterocycles. The third-order valence-corrected chi connectivity index (χ3v) is 17.7. The van der Waals surface area contributed by atoms with Gasteiger partial charge in [-0.2, -0.15) is 0 Å². The lowest BCUT2D eigenvalue weighted by atomic mass is 10.3. The summed E-state index contributed by atoms with van der Waals surface area (Å²) in [4.78, 5) is 49.3. The van der Waals surface area contributed by atoms with E-state index in [9.17, 15) is 19.2 Å². The minimum Gasteiger partial charge on any atom is -0.286 e. The van der Waals surface area contributed by atoms with E-state index in [1.54, 1.807) is 0 Å². The smallest absolute Gasteiger partial charge is 0.224 e. The van der Waals surface area contributed by atoms with Gasteiger partial charge in [0.1, 0.15) is 0 Å². The third-order valence-electron chi connectivity index (χ3n) is 6.05. The van der Waals surface area contributed by atoms with E-state index in [-0.39, 0.29) is 21.7 Å². The summed E-state index contributed by atoms with van der Waals surface area (Å²) in [5.74, 6) is 0. The molecule has 2 aromatic rings. The van der Waals surface area contributed by atoms with Crippen LogP contribution in [-0.2, 0) is 0 Å². The van der Waals surface area contributed by atoms with Crippen LogP contribution in [0.25, 0.3) is 0 Å². The lowest BCUT2D eigenvalue weighted by Gasteiger charge is -2.35. The Bertz CT molecular complexity index is 977. The molecule has 0 aliphatic heterocycles. The monoisotopic (exact) mass is 450 g/mol. The van der Waals surface area contributed by atoms with Gasteiger partial charge in [-0.1, -0.05) is 77.6 Å². The molecule has 0 spiro atoms. The van der Waals surface area contributed by atoms with E-state index in [1.807, 2.05) is 0 Å². The molecule has 0 bridgehead atoms. The van der Waals surface area contributed by atoms with Gasteiger partial charge in [0.05, 0.1) is 32.3 Å². The van der Waals surface area contributed by atoms with E-state index in [1.165, 1.54) is 0 Å². The van der Waals surface area contributed by atoms with Crippen LogP contribution in [0.2, 0.25) is 77.6 Å². The van der Waals surface area contributed by atoms with Gasteiger partial charge in [-0.25, -0.2) is 0 Å². The van der Waals surface area contributed by atoms with Crippen molar-refractivity contribution in [3.63, 3.8) is 0 Å². The molecule has 0 aliphatic carbocycles. The zero-order valence-electron chi connectivity index (χ0n) is 19.0. The average molecular weight is 451 g/mol. The molecular formula is C20H34O4Si4. The lowest BCUT2D eigenvalue weighted by molar-refractivity contribution is 1.28. The van der Waals surface area contributed by atoms with Gasteiger partial charge in [0, 0.05) is 0 Å². The van der Waals surface area contributed by atoms with Gasteiger partial charge in [-0.15, -0.1) is 0 Å². The van der Waals surface area contributed by atoms with E-state index in [0.717, 1.165) is 32.8 Å². The molecule has 154 valence electrons. The first kappa shape index (κ1) is 23.3. The topological polar surface area (TPSA) is 68.3 Å². The van der Waals surface area contributed by atoms with Crippen molar-refractivity contribution in [2.45, 2.75) is 77.6 Å². The van der Waals surface area contributed by atoms with Crippen molar-refractivity contribution in [1.82, 2.24) is 0 Å². The summed E-state index contributed by atoms with van der Waals surface area (Å²) >= 11 is 0. The van der Waals surface area contributed by atoms with Crippen LogP contribution in [0.5, 0.6) is 0 Å². The summed E-state index contributed by atoms with van der Waals surface area (Å²) in [6.07, 6.45) is 0. The van der Waals surface area contributed by atoms with Crippen molar-refractivity contribution in [2.24, 2.45) is 0 Å². The quantitative estimate of drug-likeness (QED) is 0.455. The van der Waals surface area contributed by atoms with E-state index < -0.39 is 32.3 Å². The second kappa shape index (κ2) is 6.78. The minimum atomic E-state index is -2.08. The maximum atomic E-state index is 12.4. The Hall–Kier alpha value is -0.972. The first-order chi connectivity index (χ1) is 12.3. The van der Waals surface area contributed by atoms with Crippen LogP contribution >= 0.6 is 0 Å². The molecule has 0 aliphatic rings. The van der Waals surface area contributed by atoms with Crippen LogP contribution in [0, 0.1) is 0 Å². The highest BCUT2D eigenvalue weighted by molar-refractivity contribution is 7.02. The fraction of sp³-hybridized carbons (Fsp3) is 0.600. The van der Waals surface area contributed by atoms with Gasteiger partial charge in [-0.05, 0) is 20.7 Å². The number of hydrogen-bond acceptors (Lipinski definition) is 4. The number of hydrogen-bond donors (Lipinski definition) is 0. The number of rotatable bonds is 7. The molecule has 0 amide bonds. The Balaban J connectivity index is 2.37. The Labute approximate surface area is 171 Å². The zero-order chi connectivity index (χ0) is 22.0. The lowest BCUT2D eigenvalue weighted by Crippen LogP contribution is -2.79. The summed E-state index contributed by atoms with van der Waals surface area (Å²) in [7, 11) is -7.85. The van der Waals surface area contributed by atoms with Crippen LogP contribution in [0.1, 0.15) is 0 Å². The van der Waals surface area contributed by atoms with E-state index in [4.69, 9.17) is 0 Å². The molecule has 0 unspecified atom stereocenters. The van der Waals surface area contributed by atoms with Crippen LogP contribution in [-0.4, -0.2) is 32.3 Å². The molecule has 2 rings (SSSR count). The van der Waals surface area contributed by atoms with Gasteiger partial charge in [0.25, 0.3) is 0 Å². The van der Waals surface area contributed by atoms with Crippen LogP contribution in [0.3, 0.4) is 0 Å². The highest BCUT2D eigenvalue weighted by Gasteiger charge is 2.44. The molecule has 0 saturated heterocycles. The SMILES string of the molecule is C[Si](C)(C)c1c([Si](C)(C)CC[Si](C)(C)c2c([Si](C)(C)C)c(=O)c2=O)c(=O)c1=O. The zero-order valence-corrected chi connectivity index (χ0v) is 23.0. The molecule has 0 saturated carbocycles. The summed E-state index contributed by atoms with van der Waals surface area (Å²) in [6.45, 7) is 21.5. The van der Waals surface area contributed by atoms with Crippen molar-refractivity contribution in [1.29, 1.82) is 0 Å². The first-order valence-corrected chi connectivity index (χ1v) is 23.4. The fourth-order valence-electron chi connectivity index (χ4n) is 4.38. The third kappa shape index (κ3) is 3.76. The van der Waals surface area contributed by atoms with Gasteiger partial charge in [0.2, 0.25) is 21.7 Å². The van der Waals surface area contributed by atoms with E-state index in [0.29, 0.717) is 0 Å². The van der Waals surface area contributed by atoms with Gasteiger partial charge in [0.15, 0.2) is 0 Å². The molecule has 0 N–H and O–H groups in total.